The van der Waals surface area contributed by atoms with Gasteiger partial charge in [-0.3, -0.25) is 0 Å². The molecule has 10 rings (SSSR count). The Morgan fingerprint density at radius 3 is 2.13 bits per heavy atom. The molecule has 0 spiro atoms. The van der Waals surface area contributed by atoms with E-state index in [0.29, 0.717) is 0 Å². The van der Waals surface area contributed by atoms with Crippen molar-refractivity contribution in [3.63, 3.8) is 0 Å². The summed E-state index contributed by atoms with van der Waals surface area (Å²) in [5.41, 5.74) is 20.0. The average Bonchev–Trinajstić information content (AvgIpc) is 3.56. The fourth-order valence-electron chi connectivity index (χ4n) is 10.9. The largest absolute Gasteiger partial charge is 0.456 e. The minimum Gasteiger partial charge on any atom is -0.456 e. The fraction of sp³-hybridized carbons (Fsp3) is 0.375. The Morgan fingerprint density at radius 2 is 1.38 bits per heavy atom. The molecule has 2 unspecified atom stereocenters. The van der Waals surface area contributed by atoms with E-state index in [4.69, 9.17) is 4.42 Å². The number of hydrogen-bond acceptors (Lipinski definition) is 3. The third-order valence-electron chi connectivity index (χ3n) is 13.9. The Morgan fingerprint density at radius 1 is 0.673 bits per heavy atom. The number of hydrogen-bond donors (Lipinski definition) is 0. The van der Waals surface area contributed by atoms with Crippen LogP contribution in [0.5, 0.6) is 0 Å². The lowest BCUT2D eigenvalue weighted by Gasteiger charge is -2.53. The maximum absolute atomic E-state index is 6.69. The van der Waals surface area contributed by atoms with Crippen molar-refractivity contribution in [2.75, 3.05) is 9.80 Å². The zero-order valence-electron chi connectivity index (χ0n) is 32.7. The third-order valence-corrected chi connectivity index (χ3v) is 13.9. The second kappa shape index (κ2) is 10.2. The Hall–Kier alpha value is -4.44. The summed E-state index contributed by atoms with van der Waals surface area (Å²) in [5, 5.41) is 2.45. The molecule has 6 aromatic rings. The van der Waals surface area contributed by atoms with E-state index in [1.165, 1.54) is 104 Å². The first-order valence-electron chi connectivity index (χ1n) is 19.6. The number of nitrogens with zero attached hydrogens (tertiary/aromatic N) is 2. The molecule has 1 aromatic heterocycles. The minimum absolute atomic E-state index is 0.0144. The highest BCUT2D eigenvalue weighted by atomic mass is 16.3. The van der Waals surface area contributed by atoms with Gasteiger partial charge in [0.25, 0.3) is 6.71 Å². The number of fused-ring (bicyclic) bond motifs is 11. The van der Waals surface area contributed by atoms with Crippen LogP contribution in [0.4, 0.5) is 28.4 Å². The molecule has 2 atom stereocenters. The molecule has 1 aliphatic carbocycles. The highest BCUT2D eigenvalue weighted by molar-refractivity contribution is 7.02. The molecule has 4 heteroatoms. The van der Waals surface area contributed by atoms with Gasteiger partial charge in [0, 0.05) is 44.6 Å². The van der Waals surface area contributed by atoms with Crippen LogP contribution in [0, 0.1) is 13.8 Å². The van der Waals surface area contributed by atoms with Gasteiger partial charge in [-0.15, -0.1) is 0 Å². The maximum atomic E-state index is 6.69. The molecular weight excluding hydrogens is 631 g/mol. The normalized spacial score (nSPS) is 21.8. The van der Waals surface area contributed by atoms with Crippen molar-refractivity contribution in [2.45, 2.75) is 117 Å². The van der Waals surface area contributed by atoms with E-state index in [9.17, 15) is 0 Å². The summed E-state index contributed by atoms with van der Waals surface area (Å²) in [4.78, 5) is 5.47. The van der Waals surface area contributed by atoms with Gasteiger partial charge >= 0.3 is 0 Å². The first-order chi connectivity index (χ1) is 24.6. The Kier molecular flexibility index (Phi) is 6.30. The van der Waals surface area contributed by atoms with Crippen molar-refractivity contribution in [1.82, 2.24) is 0 Å². The van der Waals surface area contributed by atoms with Crippen LogP contribution < -0.4 is 26.2 Å². The van der Waals surface area contributed by atoms with E-state index < -0.39 is 0 Å². The summed E-state index contributed by atoms with van der Waals surface area (Å²) in [7, 11) is 0. The number of benzene rings is 5. The molecule has 4 heterocycles. The smallest absolute Gasteiger partial charge is 0.253 e. The number of anilines is 5. The van der Waals surface area contributed by atoms with Gasteiger partial charge in [-0.05, 0) is 125 Å². The van der Waals surface area contributed by atoms with Gasteiger partial charge in [0.05, 0.1) is 5.54 Å². The number of aryl methyl sites for hydroxylation is 2. The van der Waals surface area contributed by atoms with Crippen molar-refractivity contribution in [3.8, 4) is 0 Å². The molecule has 3 nitrogen and oxygen atoms in total. The third kappa shape index (κ3) is 3.99. The summed E-state index contributed by atoms with van der Waals surface area (Å²) in [6.45, 7) is 24.0. The van der Waals surface area contributed by atoms with E-state index in [-0.39, 0.29) is 28.5 Å². The molecule has 3 aliphatic heterocycles. The highest BCUT2D eigenvalue weighted by Gasteiger charge is 2.61. The van der Waals surface area contributed by atoms with Gasteiger partial charge in [-0.25, -0.2) is 0 Å². The van der Waals surface area contributed by atoms with Crippen molar-refractivity contribution >= 4 is 73.5 Å². The van der Waals surface area contributed by atoms with Crippen molar-refractivity contribution in [2.24, 2.45) is 0 Å². The Balaban J connectivity index is 1.39. The molecule has 4 aliphatic rings. The van der Waals surface area contributed by atoms with Crippen molar-refractivity contribution in [1.29, 1.82) is 0 Å². The van der Waals surface area contributed by atoms with E-state index in [1.807, 2.05) is 0 Å². The van der Waals surface area contributed by atoms with Crippen LogP contribution in [0.3, 0.4) is 0 Å². The van der Waals surface area contributed by atoms with Crippen molar-refractivity contribution in [3.05, 3.63) is 107 Å². The van der Waals surface area contributed by atoms with E-state index in [1.54, 1.807) is 5.56 Å². The first kappa shape index (κ1) is 32.2. The predicted octanol–water partition coefficient (Wildman–Crippen LogP) is 11.2. The molecule has 1 saturated carbocycles. The summed E-state index contributed by atoms with van der Waals surface area (Å²) in [6, 6.07) is 30.6. The minimum atomic E-state index is -0.0187. The lowest BCUT2D eigenvalue weighted by Crippen LogP contribution is -2.64. The number of rotatable bonds is 1. The lowest BCUT2D eigenvalue weighted by molar-refractivity contribution is 0.195. The quantitative estimate of drug-likeness (QED) is 0.161. The van der Waals surface area contributed by atoms with Gasteiger partial charge in [0.1, 0.15) is 11.2 Å². The van der Waals surface area contributed by atoms with Gasteiger partial charge in [-0.1, -0.05) is 104 Å². The van der Waals surface area contributed by atoms with E-state index >= 15 is 0 Å². The fourth-order valence-corrected chi connectivity index (χ4v) is 10.9. The predicted molar refractivity (Wildman–Crippen MR) is 223 cm³/mol. The van der Waals surface area contributed by atoms with Gasteiger partial charge in [0.15, 0.2) is 0 Å². The highest BCUT2D eigenvalue weighted by Crippen LogP contribution is 2.62. The molecule has 1 fully saturated rings. The van der Waals surface area contributed by atoms with Crippen molar-refractivity contribution < 1.29 is 4.42 Å². The Bertz CT molecular complexity index is 2530. The van der Waals surface area contributed by atoms with Gasteiger partial charge in [0.2, 0.25) is 0 Å². The van der Waals surface area contributed by atoms with Gasteiger partial charge < -0.3 is 14.2 Å². The van der Waals surface area contributed by atoms with Crippen LogP contribution in [0.1, 0.15) is 109 Å². The zero-order chi connectivity index (χ0) is 36.3. The molecule has 52 heavy (non-hydrogen) atoms. The zero-order valence-corrected chi connectivity index (χ0v) is 32.7. The van der Waals surface area contributed by atoms with Crippen LogP contribution >= 0.6 is 0 Å². The monoisotopic (exact) mass is 682 g/mol. The molecule has 0 saturated heterocycles. The second-order valence-electron chi connectivity index (χ2n) is 19.1. The summed E-state index contributed by atoms with van der Waals surface area (Å²) in [5.74, 6) is 0. The lowest BCUT2D eigenvalue weighted by atomic mass is 9.32. The molecular formula is C48H51BN2O. The van der Waals surface area contributed by atoms with Crippen LogP contribution in [-0.2, 0) is 16.2 Å². The molecule has 5 aromatic carbocycles. The Labute approximate surface area is 310 Å². The van der Waals surface area contributed by atoms with E-state index in [2.05, 4.69) is 158 Å². The standard InChI is InChI=1S/C48H51BN2O/c1-28-23-37-42-38(24-28)51-44-33(47(9)21-13-14-22-48(47,51)10)26-31(46(6,7)8)27-34(44)49(42)43-36(19-20-40-41(43)32-15-11-12-16-39(32)52-40)50(37)35-18-17-30(25-29(35)2)45(3,4)5/h11-12,15-20,23-27H,13-14,21-22H2,1-10H3. The average molecular weight is 683 g/mol. The molecule has 0 amide bonds. The SMILES string of the molecule is Cc1cc2c3c(c1)N1c4c(cc(C(C)(C)C)cc4C4(C)CCCCC14C)B3c1c(ccc3oc4ccccc4c13)N2c1ccc(C(C)(C)C)cc1C. The maximum Gasteiger partial charge on any atom is 0.253 e. The van der Waals surface area contributed by atoms with Crippen LogP contribution in [0.15, 0.2) is 83.3 Å². The van der Waals surface area contributed by atoms with E-state index in [0.717, 1.165) is 11.2 Å². The summed E-state index contributed by atoms with van der Waals surface area (Å²) >= 11 is 0. The summed E-state index contributed by atoms with van der Waals surface area (Å²) < 4.78 is 6.69. The number of para-hydroxylation sites is 1. The number of furan rings is 1. The second-order valence-corrected chi connectivity index (χ2v) is 19.1. The van der Waals surface area contributed by atoms with Gasteiger partial charge in [-0.2, -0.15) is 0 Å². The van der Waals surface area contributed by atoms with Crippen LogP contribution in [-0.4, -0.2) is 12.3 Å². The van der Waals surface area contributed by atoms with Crippen LogP contribution in [0.2, 0.25) is 0 Å². The molecule has 262 valence electrons. The summed E-state index contributed by atoms with van der Waals surface area (Å²) in [6.07, 6.45) is 4.97. The molecule has 0 N–H and O–H groups in total. The topological polar surface area (TPSA) is 19.6 Å². The first-order valence-corrected chi connectivity index (χ1v) is 19.6. The molecule has 0 radical (unpaired) electrons. The van der Waals surface area contributed by atoms with Crippen LogP contribution in [0.25, 0.3) is 21.9 Å². The molecule has 0 bridgehead atoms.